The SMILES string of the molecule is Cc1cccc(NC(=O)[C@H]2CCCN2/C=C/C(=O)C(F)(F)F)c1C. The van der Waals surface area contributed by atoms with Crippen molar-refractivity contribution in [3.63, 3.8) is 0 Å². The molecular formula is C17H19F3N2O2. The Morgan fingerprint density at radius 2 is 2.00 bits per heavy atom. The van der Waals surface area contributed by atoms with Gasteiger partial charge in [0.1, 0.15) is 6.04 Å². The second kappa shape index (κ2) is 7.07. The van der Waals surface area contributed by atoms with Gasteiger partial charge in [0.05, 0.1) is 0 Å². The van der Waals surface area contributed by atoms with Crippen molar-refractivity contribution in [1.82, 2.24) is 4.90 Å². The van der Waals surface area contributed by atoms with Crippen molar-refractivity contribution in [2.45, 2.75) is 38.9 Å². The van der Waals surface area contributed by atoms with E-state index in [4.69, 9.17) is 0 Å². The fourth-order valence-electron chi connectivity index (χ4n) is 2.61. The van der Waals surface area contributed by atoms with Crippen molar-refractivity contribution in [1.29, 1.82) is 0 Å². The second-order valence-corrected chi connectivity index (χ2v) is 5.81. The van der Waals surface area contributed by atoms with Gasteiger partial charge in [0.2, 0.25) is 5.91 Å². The summed E-state index contributed by atoms with van der Waals surface area (Å²) in [6.45, 7) is 4.25. The van der Waals surface area contributed by atoms with Crippen LogP contribution in [0.4, 0.5) is 18.9 Å². The first-order chi connectivity index (χ1) is 11.2. The van der Waals surface area contributed by atoms with Crippen LogP contribution >= 0.6 is 0 Å². The van der Waals surface area contributed by atoms with Crippen LogP contribution in [0.2, 0.25) is 0 Å². The molecule has 0 saturated carbocycles. The highest BCUT2D eigenvalue weighted by atomic mass is 19.4. The van der Waals surface area contributed by atoms with Gasteiger partial charge in [0.25, 0.3) is 5.78 Å². The van der Waals surface area contributed by atoms with Crippen molar-refractivity contribution < 1.29 is 22.8 Å². The van der Waals surface area contributed by atoms with Crippen molar-refractivity contribution >= 4 is 17.4 Å². The first-order valence-corrected chi connectivity index (χ1v) is 7.62. The van der Waals surface area contributed by atoms with Crippen molar-refractivity contribution in [3.8, 4) is 0 Å². The van der Waals surface area contributed by atoms with Crippen LogP contribution in [0, 0.1) is 13.8 Å². The number of nitrogens with zero attached hydrogens (tertiary/aromatic N) is 1. The van der Waals surface area contributed by atoms with E-state index in [0.717, 1.165) is 17.3 Å². The topological polar surface area (TPSA) is 49.4 Å². The molecule has 7 heteroatoms. The van der Waals surface area contributed by atoms with Gasteiger partial charge in [0, 0.05) is 24.5 Å². The number of allylic oxidation sites excluding steroid dienone is 1. The largest absolute Gasteiger partial charge is 0.454 e. The molecule has 1 fully saturated rings. The number of halogens is 3. The molecule has 1 aromatic rings. The van der Waals surface area contributed by atoms with Crippen LogP contribution in [-0.2, 0) is 9.59 Å². The van der Waals surface area contributed by atoms with E-state index < -0.39 is 18.0 Å². The molecule has 0 aliphatic carbocycles. The minimum absolute atomic E-state index is 0.287. The summed E-state index contributed by atoms with van der Waals surface area (Å²) in [6.07, 6.45) is -2.15. The number of amides is 1. The summed E-state index contributed by atoms with van der Waals surface area (Å²) in [5.41, 5.74) is 2.66. The van der Waals surface area contributed by atoms with Crippen LogP contribution in [0.3, 0.4) is 0 Å². The molecule has 24 heavy (non-hydrogen) atoms. The van der Waals surface area contributed by atoms with Crippen LogP contribution in [0.25, 0.3) is 0 Å². The number of hydrogen-bond donors (Lipinski definition) is 1. The lowest BCUT2D eigenvalue weighted by atomic mass is 10.1. The summed E-state index contributed by atoms with van der Waals surface area (Å²) < 4.78 is 36.7. The predicted octanol–water partition coefficient (Wildman–Crippen LogP) is 3.35. The third-order valence-electron chi connectivity index (χ3n) is 4.16. The molecular weight excluding hydrogens is 321 g/mol. The van der Waals surface area contributed by atoms with Crippen LogP contribution < -0.4 is 5.32 Å². The molecule has 1 heterocycles. The molecule has 1 aromatic carbocycles. The summed E-state index contributed by atoms with van der Waals surface area (Å²) in [6, 6.07) is 4.95. The van der Waals surface area contributed by atoms with Crippen LogP contribution in [0.5, 0.6) is 0 Å². The predicted molar refractivity (Wildman–Crippen MR) is 84.5 cm³/mol. The number of likely N-dealkylation sites (tertiary alicyclic amines) is 1. The maximum atomic E-state index is 12.4. The zero-order chi connectivity index (χ0) is 17.9. The Bertz CT molecular complexity index is 668. The van der Waals surface area contributed by atoms with E-state index in [-0.39, 0.29) is 5.91 Å². The summed E-state index contributed by atoms with van der Waals surface area (Å²) in [5.74, 6) is -2.21. The quantitative estimate of drug-likeness (QED) is 0.855. The Morgan fingerprint density at radius 1 is 1.29 bits per heavy atom. The number of carbonyl (C=O) groups is 2. The monoisotopic (exact) mass is 340 g/mol. The summed E-state index contributed by atoms with van der Waals surface area (Å²) in [5, 5.41) is 2.82. The molecule has 130 valence electrons. The zero-order valence-electron chi connectivity index (χ0n) is 13.5. The number of ketones is 1. The minimum Gasteiger partial charge on any atom is -0.365 e. The first-order valence-electron chi connectivity index (χ1n) is 7.62. The average Bonchev–Trinajstić information content (AvgIpc) is 2.97. The van der Waals surface area contributed by atoms with Gasteiger partial charge in [0.15, 0.2) is 0 Å². The van der Waals surface area contributed by atoms with Gasteiger partial charge in [-0.2, -0.15) is 13.2 Å². The summed E-state index contributed by atoms with van der Waals surface area (Å²) >= 11 is 0. The Balaban J connectivity index is 2.07. The van der Waals surface area contributed by atoms with E-state index in [0.29, 0.717) is 31.1 Å². The van der Waals surface area contributed by atoms with Crippen LogP contribution in [-0.4, -0.2) is 35.4 Å². The molecule has 0 unspecified atom stereocenters. The number of aryl methyl sites for hydroxylation is 1. The first kappa shape index (κ1) is 18.0. The maximum Gasteiger partial charge on any atom is 0.454 e. The van der Waals surface area contributed by atoms with E-state index in [1.807, 2.05) is 26.0 Å². The van der Waals surface area contributed by atoms with Gasteiger partial charge in [-0.3, -0.25) is 9.59 Å². The van der Waals surface area contributed by atoms with Crippen molar-refractivity contribution in [2.24, 2.45) is 0 Å². The molecule has 1 atom stereocenters. The Hall–Kier alpha value is -2.31. The molecule has 2 rings (SSSR count). The lowest BCUT2D eigenvalue weighted by Gasteiger charge is -2.22. The van der Waals surface area contributed by atoms with Crippen LogP contribution in [0.15, 0.2) is 30.5 Å². The molecule has 1 saturated heterocycles. The Labute approximate surface area is 138 Å². The third kappa shape index (κ3) is 4.15. The van der Waals surface area contributed by atoms with Gasteiger partial charge >= 0.3 is 6.18 Å². The smallest absolute Gasteiger partial charge is 0.365 e. The fourth-order valence-corrected chi connectivity index (χ4v) is 2.61. The Morgan fingerprint density at radius 3 is 2.67 bits per heavy atom. The molecule has 1 aliphatic rings. The van der Waals surface area contributed by atoms with E-state index in [1.54, 1.807) is 6.07 Å². The molecule has 0 radical (unpaired) electrons. The zero-order valence-corrected chi connectivity index (χ0v) is 13.5. The lowest BCUT2D eigenvalue weighted by Crippen LogP contribution is -2.37. The van der Waals surface area contributed by atoms with Gasteiger partial charge in [-0.05, 0) is 43.9 Å². The normalized spacial score (nSPS) is 18.2. The number of rotatable bonds is 4. The molecule has 1 aliphatic heterocycles. The highest BCUT2D eigenvalue weighted by molar-refractivity contribution is 5.96. The lowest BCUT2D eigenvalue weighted by molar-refractivity contribution is -0.165. The molecule has 0 spiro atoms. The number of nitrogens with one attached hydrogen (secondary N) is 1. The second-order valence-electron chi connectivity index (χ2n) is 5.81. The van der Waals surface area contributed by atoms with Gasteiger partial charge in [-0.25, -0.2) is 0 Å². The average molecular weight is 340 g/mol. The van der Waals surface area contributed by atoms with Gasteiger partial charge in [-0.1, -0.05) is 12.1 Å². The van der Waals surface area contributed by atoms with E-state index >= 15 is 0 Å². The van der Waals surface area contributed by atoms with Gasteiger partial charge in [-0.15, -0.1) is 0 Å². The third-order valence-corrected chi connectivity index (χ3v) is 4.16. The minimum atomic E-state index is -4.90. The van der Waals surface area contributed by atoms with Crippen LogP contribution in [0.1, 0.15) is 24.0 Å². The van der Waals surface area contributed by atoms with E-state index in [1.165, 1.54) is 4.90 Å². The van der Waals surface area contributed by atoms with Crippen molar-refractivity contribution in [3.05, 3.63) is 41.6 Å². The highest BCUT2D eigenvalue weighted by Crippen LogP contribution is 2.23. The number of hydrogen-bond acceptors (Lipinski definition) is 3. The standard InChI is InChI=1S/C17H19F3N2O2/c1-11-5-3-6-13(12(11)2)21-16(24)14-7-4-9-22(14)10-8-15(23)17(18,19)20/h3,5-6,8,10,14H,4,7,9H2,1-2H3,(H,21,24)/b10-8+/t14-/m1/s1. The molecule has 1 N–H and O–H groups in total. The molecule has 0 aromatic heterocycles. The summed E-state index contributed by atoms with van der Waals surface area (Å²) in [7, 11) is 0. The molecule has 0 bridgehead atoms. The van der Waals surface area contributed by atoms with E-state index in [2.05, 4.69) is 5.32 Å². The number of benzene rings is 1. The fraction of sp³-hybridized carbons (Fsp3) is 0.412. The number of alkyl halides is 3. The summed E-state index contributed by atoms with van der Waals surface area (Å²) in [4.78, 5) is 24.8. The van der Waals surface area contributed by atoms with Crippen molar-refractivity contribution in [2.75, 3.05) is 11.9 Å². The molecule has 4 nitrogen and oxygen atoms in total. The maximum absolute atomic E-state index is 12.4. The highest BCUT2D eigenvalue weighted by Gasteiger charge is 2.37. The van der Waals surface area contributed by atoms with E-state index in [9.17, 15) is 22.8 Å². The molecule has 1 amide bonds. The Kier molecular flexibility index (Phi) is 5.31. The number of carbonyl (C=O) groups excluding carboxylic acids is 2. The number of anilines is 1. The van der Waals surface area contributed by atoms with Gasteiger partial charge < -0.3 is 10.2 Å².